The zero-order valence-corrected chi connectivity index (χ0v) is 31.4. The number of carbonyl (C=O) groups excluding carboxylic acids is 4. The van der Waals surface area contributed by atoms with Crippen molar-refractivity contribution in [3.05, 3.63) is 178 Å². The van der Waals surface area contributed by atoms with Crippen molar-refractivity contribution in [3.8, 4) is 11.1 Å². The molecule has 6 aromatic rings. The van der Waals surface area contributed by atoms with E-state index in [0.29, 0.717) is 26.7 Å². The molecule has 5 aromatic carbocycles. The number of thioether (sulfide) groups is 1. The first-order valence-corrected chi connectivity index (χ1v) is 18.8. The SMILES string of the molecule is COC(=O)c1c(-c2ccc(C)cc2)csc1NC(=O)C(Sc1cccc(NC(=O)/C(=C/c2ccc(C)cc2)NC(=O)c2ccccc2)c1)c1ccccc1. The molecule has 1 atom stereocenters. The summed E-state index contributed by atoms with van der Waals surface area (Å²) in [7, 11) is 1.32. The lowest BCUT2D eigenvalue weighted by Crippen LogP contribution is -2.30. The summed E-state index contributed by atoms with van der Waals surface area (Å²) >= 11 is 2.55. The fraction of sp³-hybridized carbons (Fsp3) is 0.0909. The van der Waals surface area contributed by atoms with Crippen molar-refractivity contribution in [1.82, 2.24) is 5.32 Å². The van der Waals surface area contributed by atoms with Crippen LogP contribution in [0.2, 0.25) is 0 Å². The van der Waals surface area contributed by atoms with Gasteiger partial charge in [0.05, 0.1) is 7.11 Å². The van der Waals surface area contributed by atoms with Gasteiger partial charge in [-0.25, -0.2) is 4.79 Å². The summed E-state index contributed by atoms with van der Waals surface area (Å²) in [5, 5.41) is 10.2. The number of methoxy groups -OCH3 is 1. The third-order valence-corrected chi connectivity index (χ3v) is 10.5. The summed E-state index contributed by atoms with van der Waals surface area (Å²) in [5.74, 6) is -1.82. The van der Waals surface area contributed by atoms with E-state index in [1.165, 1.54) is 30.2 Å². The van der Waals surface area contributed by atoms with Crippen LogP contribution in [-0.2, 0) is 14.3 Å². The number of ether oxygens (including phenoxy) is 1. The van der Waals surface area contributed by atoms with Gasteiger partial charge in [-0.1, -0.05) is 114 Å². The lowest BCUT2D eigenvalue weighted by molar-refractivity contribution is -0.116. The number of benzene rings is 5. The van der Waals surface area contributed by atoms with Gasteiger partial charge in [0.2, 0.25) is 5.91 Å². The van der Waals surface area contributed by atoms with Gasteiger partial charge < -0.3 is 20.7 Å². The molecule has 0 radical (unpaired) electrons. The van der Waals surface area contributed by atoms with Crippen molar-refractivity contribution in [1.29, 1.82) is 0 Å². The minimum absolute atomic E-state index is 0.0645. The van der Waals surface area contributed by atoms with Crippen molar-refractivity contribution < 1.29 is 23.9 Å². The fourth-order valence-corrected chi connectivity index (χ4v) is 7.58. The van der Waals surface area contributed by atoms with E-state index >= 15 is 0 Å². The fourth-order valence-electron chi connectivity index (χ4n) is 5.53. The number of rotatable bonds is 12. The minimum Gasteiger partial charge on any atom is -0.465 e. The normalized spacial score (nSPS) is 11.6. The quantitative estimate of drug-likeness (QED) is 0.0652. The van der Waals surface area contributed by atoms with Crippen LogP contribution in [0.4, 0.5) is 10.7 Å². The van der Waals surface area contributed by atoms with E-state index in [4.69, 9.17) is 4.74 Å². The average molecular weight is 752 g/mol. The van der Waals surface area contributed by atoms with Crippen LogP contribution in [0.3, 0.4) is 0 Å². The molecule has 6 rings (SSSR count). The lowest BCUT2D eigenvalue weighted by atomic mass is 10.0. The highest BCUT2D eigenvalue weighted by atomic mass is 32.2. The predicted molar refractivity (Wildman–Crippen MR) is 218 cm³/mol. The van der Waals surface area contributed by atoms with Crippen LogP contribution in [0.25, 0.3) is 17.2 Å². The van der Waals surface area contributed by atoms with Crippen LogP contribution >= 0.6 is 23.1 Å². The smallest absolute Gasteiger partial charge is 0.341 e. The Kier molecular flexibility index (Phi) is 12.2. The van der Waals surface area contributed by atoms with Crippen LogP contribution in [0.5, 0.6) is 0 Å². The summed E-state index contributed by atoms with van der Waals surface area (Å²) < 4.78 is 5.14. The molecule has 10 heteroatoms. The topological polar surface area (TPSA) is 114 Å². The second-order valence-corrected chi connectivity index (χ2v) is 14.4. The Labute approximate surface area is 322 Å². The van der Waals surface area contributed by atoms with Gasteiger partial charge in [-0.3, -0.25) is 14.4 Å². The number of hydrogen-bond donors (Lipinski definition) is 3. The zero-order valence-electron chi connectivity index (χ0n) is 29.8. The number of esters is 1. The summed E-state index contributed by atoms with van der Waals surface area (Å²) in [4.78, 5) is 54.8. The van der Waals surface area contributed by atoms with Gasteiger partial charge in [0.15, 0.2) is 0 Å². The van der Waals surface area contributed by atoms with E-state index in [2.05, 4.69) is 16.0 Å². The number of carbonyl (C=O) groups is 4. The molecule has 0 saturated heterocycles. The van der Waals surface area contributed by atoms with Gasteiger partial charge in [-0.05, 0) is 66.9 Å². The molecule has 54 heavy (non-hydrogen) atoms. The molecule has 0 saturated carbocycles. The van der Waals surface area contributed by atoms with E-state index in [1.54, 1.807) is 48.5 Å². The maximum atomic E-state index is 14.1. The van der Waals surface area contributed by atoms with E-state index in [1.807, 2.05) is 110 Å². The van der Waals surface area contributed by atoms with E-state index in [9.17, 15) is 19.2 Å². The van der Waals surface area contributed by atoms with E-state index in [0.717, 1.165) is 27.8 Å². The van der Waals surface area contributed by atoms with Gasteiger partial charge in [-0.15, -0.1) is 23.1 Å². The third kappa shape index (κ3) is 9.40. The Morgan fingerprint density at radius 1 is 0.741 bits per heavy atom. The molecule has 270 valence electrons. The molecule has 1 heterocycles. The van der Waals surface area contributed by atoms with Crippen molar-refractivity contribution in [2.24, 2.45) is 0 Å². The molecule has 0 spiro atoms. The maximum absolute atomic E-state index is 14.1. The number of anilines is 2. The highest BCUT2D eigenvalue weighted by molar-refractivity contribution is 8.00. The molecule has 0 aliphatic rings. The second-order valence-electron chi connectivity index (χ2n) is 12.4. The van der Waals surface area contributed by atoms with Crippen LogP contribution in [0.15, 0.2) is 149 Å². The highest BCUT2D eigenvalue weighted by Gasteiger charge is 2.27. The van der Waals surface area contributed by atoms with Gasteiger partial charge in [-0.2, -0.15) is 0 Å². The Balaban J connectivity index is 1.25. The Hall–Kier alpha value is -6.23. The first-order valence-electron chi connectivity index (χ1n) is 17.0. The van der Waals surface area contributed by atoms with Gasteiger partial charge in [0.1, 0.15) is 21.5 Å². The molecule has 0 fully saturated rings. The van der Waals surface area contributed by atoms with Crippen molar-refractivity contribution in [3.63, 3.8) is 0 Å². The third-order valence-electron chi connectivity index (χ3n) is 8.38. The first-order chi connectivity index (χ1) is 26.2. The van der Waals surface area contributed by atoms with E-state index < -0.39 is 23.0 Å². The summed E-state index contributed by atoms with van der Waals surface area (Å²) in [6.07, 6.45) is 1.63. The first kappa shape index (κ1) is 37.5. The molecule has 1 unspecified atom stereocenters. The lowest BCUT2D eigenvalue weighted by Gasteiger charge is -2.18. The standard InChI is InChI=1S/C44H37N3O5S2/c1-28-17-21-30(22-18-28)25-37(46-40(48)33-13-8-5-9-14-33)41(49)45-34-15-10-16-35(26-34)54-39(32-11-6-4-7-12-32)42(50)47-43-38(44(51)52-3)36(27-53-43)31-23-19-29(2)20-24-31/h4-27,39H,1-3H3,(H,45,49)(H,46,48)(H,47,50)/b37-25-. The minimum atomic E-state index is -0.727. The van der Waals surface area contributed by atoms with Gasteiger partial charge in [0.25, 0.3) is 11.8 Å². The number of thiophene rings is 1. The Bertz CT molecular complexity index is 2300. The number of nitrogens with one attached hydrogen (secondary N) is 3. The van der Waals surface area contributed by atoms with Crippen molar-refractivity contribution in [2.75, 3.05) is 17.7 Å². The van der Waals surface area contributed by atoms with Crippen LogP contribution in [0.1, 0.15) is 48.2 Å². The molecule has 3 N–H and O–H groups in total. The molecular formula is C44H37N3O5S2. The van der Waals surface area contributed by atoms with Crippen LogP contribution in [0, 0.1) is 13.8 Å². The Morgan fingerprint density at radius 2 is 1.39 bits per heavy atom. The molecule has 1 aromatic heterocycles. The number of amides is 3. The molecule has 0 aliphatic carbocycles. The summed E-state index contributed by atoms with van der Waals surface area (Å²) in [5.41, 5.74) is 6.38. The highest BCUT2D eigenvalue weighted by Crippen LogP contribution is 2.40. The van der Waals surface area contributed by atoms with Crippen molar-refractivity contribution >= 4 is 63.6 Å². The second kappa shape index (κ2) is 17.5. The number of hydrogen-bond acceptors (Lipinski definition) is 7. The van der Waals surface area contributed by atoms with Crippen molar-refractivity contribution in [2.45, 2.75) is 24.0 Å². The monoisotopic (exact) mass is 751 g/mol. The van der Waals surface area contributed by atoms with Crippen LogP contribution in [-0.4, -0.2) is 30.8 Å². The van der Waals surface area contributed by atoms with Crippen LogP contribution < -0.4 is 16.0 Å². The maximum Gasteiger partial charge on any atom is 0.341 e. The Morgan fingerprint density at radius 3 is 2.06 bits per heavy atom. The summed E-state index contributed by atoms with van der Waals surface area (Å²) in [6.45, 7) is 3.96. The van der Waals surface area contributed by atoms with E-state index in [-0.39, 0.29) is 17.2 Å². The molecule has 3 amide bonds. The molecule has 0 bridgehead atoms. The molecule has 0 aliphatic heterocycles. The van der Waals surface area contributed by atoms with Gasteiger partial charge in [0, 0.05) is 27.1 Å². The summed E-state index contributed by atoms with van der Waals surface area (Å²) in [6, 6.07) is 40.6. The van der Waals surface area contributed by atoms with Gasteiger partial charge >= 0.3 is 5.97 Å². The zero-order chi connectivity index (χ0) is 38.0. The number of aryl methyl sites for hydroxylation is 2. The molecular weight excluding hydrogens is 715 g/mol. The largest absolute Gasteiger partial charge is 0.465 e. The molecule has 8 nitrogen and oxygen atoms in total. The predicted octanol–water partition coefficient (Wildman–Crippen LogP) is 9.70. The average Bonchev–Trinajstić information content (AvgIpc) is 3.61.